The standard InChI is InChI=1S/C16H26N2/c1-12-3-7-14(8-4-12)11-16(18-17)15-9-5-13(2)6-10-15/h3-4,7-8,13,15-16,18H,5-6,9-11,17H2,1-2H3. The third-order valence-corrected chi connectivity index (χ3v) is 4.42. The van der Waals surface area contributed by atoms with Crippen LogP contribution in [-0.4, -0.2) is 6.04 Å². The summed E-state index contributed by atoms with van der Waals surface area (Å²) in [5, 5.41) is 0. The van der Waals surface area contributed by atoms with Gasteiger partial charge in [-0.15, -0.1) is 0 Å². The van der Waals surface area contributed by atoms with Crippen molar-refractivity contribution in [1.29, 1.82) is 0 Å². The van der Waals surface area contributed by atoms with E-state index in [9.17, 15) is 0 Å². The third-order valence-electron chi connectivity index (χ3n) is 4.42. The monoisotopic (exact) mass is 246 g/mol. The van der Waals surface area contributed by atoms with Crippen molar-refractivity contribution < 1.29 is 0 Å². The molecule has 2 heteroatoms. The molecule has 0 spiro atoms. The molecule has 1 aromatic rings. The Bertz CT molecular complexity index is 350. The molecule has 0 saturated heterocycles. The third kappa shape index (κ3) is 3.56. The summed E-state index contributed by atoms with van der Waals surface area (Å²) in [6, 6.07) is 9.26. The van der Waals surface area contributed by atoms with Gasteiger partial charge in [0.1, 0.15) is 0 Å². The fourth-order valence-corrected chi connectivity index (χ4v) is 3.03. The second kappa shape index (κ2) is 6.35. The van der Waals surface area contributed by atoms with Crippen LogP contribution < -0.4 is 11.3 Å². The number of benzene rings is 1. The Morgan fingerprint density at radius 2 is 1.78 bits per heavy atom. The molecule has 1 atom stereocenters. The second-order valence-electron chi connectivity index (χ2n) is 5.98. The number of hydrogen-bond acceptors (Lipinski definition) is 2. The lowest BCUT2D eigenvalue weighted by atomic mass is 9.78. The van der Waals surface area contributed by atoms with Crippen molar-refractivity contribution in [3.05, 3.63) is 35.4 Å². The van der Waals surface area contributed by atoms with Crippen molar-refractivity contribution in [2.24, 2.45) is 17.7 Å². The van der Waals surface area contributed by atoms with Crippen LogP contribution in [0.4, 0.5) is 0 Å². The molecule has 1 aliphatic rings. The van der Waals surface area contributed by atoms with Crippen LogP contribution in [0.2, 0.25) is 0 Å². The summed E-state index contributed by atoms with van der Waals surface area (Å²) in [6.45, 7) is 4.49. The summed E-state index contributed by atoms with van der Waals surface area (Å²) in [5.74, 6) is 7.41. The highest BCUT2D eigenvalue weighted by Gasteiger charge is 2.25. The van der Waals surface area contributed by atoms with Crippen LogP contribution in [-0.2, 0) is 6.42 Å². The van der Waals surface area contributed by atoms with Crippen LogP contribution >= 0.6 is 0 Å². The van der Waals surface area contributed by atoms with Crippen molar-refractivity contribution in [2.45, 2.75) is 52.0 Å². The lowest BCUT2D eigenvalue weighted by Gasteiger charge is -2.32. The molecule has 0 aliphatic heterocycles. The maximum Gasteiger partial charge on any atom is 0.0279 e. The van der Waals surface area contributed by atoms with Gasteiger partial charge in [0.2, 0.25) is 0 Å². The molecule has 0 bridgehead atoms. The Labute approximate surface area is 111 Å². The first-order valence-electron chi connectivity index (χ1n) is 7.20. The molecule has 1 fully saturated rings. The first kappa shape index (κ1) is 13.6. The summed E-state index contributed by atoms with van der Waals surface area (Å²) < 4.78 is 0. The van der Waals surface area contributed by atoms with Crippen LogP contribution in [0.5, 0.6) is 0 Å². The second-order valence-corrected chi connectivity index (χ2v) is 5.98. The molecule has 100 valence electrons. The van der Waals surface area contributed by atoms with E-state index < -0.39 is 0 Å². The van der Waals surface area contributed by atoms with Gasteiger partial charge >= 0.3 is 0 Å². The van der Waals surface area contributed by atoms with Crippen LogP contribution in [0.15, 0.2) is 24.3 Å². The molecule has 2 rings (SSSR count). The normalized spacial score (nSPS) is 25.9. The Morgan fingerprint density at radius 1 is 1.17 bits per heavy atom. The molecule has 0 radical (unpaired) electrons. The van der Waals surface area contributed by atoms with Gasteiger partial charge in [0.15, 0.2) is 0 Å². The van der Waals surface area contributed by atoms with Gasteiger partial charge in [-0.1, -0.05) is 49.6 Å². The van der Waals surface area contributed by atoms with Crippen LogP contribution in [0.25, 0.3) is 0 Å². The van der Waals surface area contributed by atoms with E-state index in [4.69, 9.17) is 5.84 Å². The molecule has 1 aliphatic carbocycles. The van der Waals surface area contributed by atoms with E-state index in [1.165, 1.54) is 36.8 Å². The molecule has 18 heavy (non-hydrogen) atoms. The number of nitrogens with two attached hydrogens (primary N) is 1. The molecule has 1 saturated carbocycles. The lowest BCUT2D eigenvalue weighted by molar-refractivity contribution is 0.229. The molecule has 1 aromatic carbocycles. The van der Waals surface area contributed by atoms with Crippen LogP contribution in [0.1, 0.15) is 43.7 Å². The van der Waals surface area contributed by atoms with Crippen molar-refractivity contribution in [2.75, 3.05) is 0 Å². The molecule has 1 unspecified atom stereocenters. The summed E-state index contributed by atoms with van der Waals surface area (Å²) >= 11 is 0. The average Bonchev–Trinajstić information content (AvgIpc) is 2.39. The van der Waals surface area contributed by atoms with Crippen LogP contribution in [0.3, 0.4) is 0 Å². The quantitative estimate of drug-likeness (QED) is 0.632. The highest BCUT2D eigenvalue weighted by atomic mass is 15.2. The van der Waals surface area contributed by atoms with E-state index in [1.54, 1.807) is 0 Å². The number of rotatable bonds is 4. The minimum absolute atomic E-state index is 0.431. The van der Waals surface area contributed by atoms with E-state index in [0.29, 0.717) is 6.04 Å². The van der Waals surface area contributed by atoms with Crippen molar-refractivity contribution in [3.63, 3.8) is 0 Å². The smallest absolute Gasteiger partial charge is 0.0279 e. The SMILES string of the molecule is Cc1ccc(CC(NN)C2CCC(C)CC2)cc1. The molecule has 3 N–H and O–H groups in total. The first-order chi connectivity index (χ1) is 8.69. The maximum absolute atomic E-state index is 5.77. The van der Waals surface area contributed by atoms with Crippen molar-refractivity contribution in [1.82, 2.24) is 5.43 Å². The minimum Gasteiger partial charge on any atom is -0.271 e. The van der Waals surface area contributed by atoms with E-state index in [0.717, 1.165) is 18.3 Å². The van der Waals surface area contributed by atoms with E-state index in [-0.39, 0.29) is 0 Å². The summed E-state index contributed by atoms with van der Waals surface area (Å²) in [7, 11) is 0. The molecular formula is C16H26N2. The zero-order chi connectivity index (χ0) is 13.0. The predicted octanol–water partition coefficient (Wildman–Crippen LogP) is 3.20. The zero-order valence-corrected chi connectivity index (χ0v) is 11.7. The van der Waals surface area contributed by atoms with E-state index >= 15 is 0 Å². The highest BCUT2D eigenvalue weighted by molar-refractivity contribution is 5.22. The number of hydrazine groups is 1. The topological polar surface area (TPSA) is 38.0 Å². The summed E-state index contributed by atoms with van der Waals surface area (Å²) in [5.41, 5.74) is 5.76. The number of aryl methyl sites for hydroxylation is 1. The highest BCUT2D eigenvalue weighted by Crippen LogP contribution is 2.31. The number of hydrogen-bond donors (Lipinski definition) is 2. The molecule has 0 aromatic heterocycles. The maximum atomic E-state index is 5.77. The fraction of sp³-hybridized carbons (Fsp3) is 0.625. The average molecular weight is 246 g/mol. The van der Waals surface area contributed by atoms with Gasteiger partial charge in [-0.25, -0.2) is 0 Å². The summed E-state index contributed by atoms with van der Waals surface area (Å²) in [6.07, 6.45) is 6.41. The Hall–Kier alpha value is -0.860. The Kier molecular flexibility index (Phi) is 4.79. The molecule has 0 heterocycles. The minimum atomic E-state index is 0.431. The van der Waals surface area contributed by atoms with E-state index in [2.05, 4.69) is 43.5 Å². The van der Waals surface area contributed by atoms with Gasteiger partial charge < -0.3 is 0 Å². The lowest BCUT2D eigenvalue weighted by Crippen LogP contribution is -2.43. The molecule has 2 nitrogen and oxygen atoms in total. The summed E-state index contributed by atoms with van der Waals surface area (Å²) in [4.78, 5) is 0. The molecular weight excluding hydrogens is 220 g/mol. The van der Waals surface area contributed by atoms with E-state index in [1.807, 2.05) is 0 Å². The Balaban J connectivity index is 1.94. The number of nitrogens with one attached hydrogen (secondary N) is 1. The van der Waals surface area contributed by atoms with Gasteiger partial charge in [0, 0.05) is 6.04 Å². The fourth-order valence-electron chi connectivity index (χ4n) is 3.03. The van der Waals surface area contributed by atoms with Gasteiger partial charge in [-0.3, -0.25) is 11.3 Å². The van der Waals surface area contributed by atoms with Crippen molar-refractivity contribution in [3.8, 4) is 0 Å². The van der Waals surface area contributed by atoms with Gasteiger partial charge in [0.25, 0.3) is 0 Å². The van der Waals surface area contributed by atoms with Crippen LogP contribution in [0, 0.1) is 18.8 Å². The van der Waals surface area contributed by atoms with Gasteiger partial charge in [-0.2, -0.15) is 0 Å². The van der Waals surface area contributed by atoms with Gasteiger partial charge in [0.05, 0.1) is 0 Å². The predicted molar refractivity (Wildman–Crippen MR) is 77.1 cm³/mol. The first-order valence-corrected chi connectivity index (χ1v) is 7.20. The van der Waals surface area contributed by atoms with Crippen molar-refractivity contribution >= 4 is 0 Å². The Morgan fingerprint density at radius 3 is 2.33 bits per heavy atom. The van der Waals surface area contributed by atoms with Gasteiger partial charge in [-0.05, 0) is 43.6 Å². The molecule has 0 amide bonds. The largest absolute Gasteiger partial charge is 0.271 e. The zero-order valence-electron chi connectivity index (χ0n) is 11.7.